The molecule has 12 heteroatoms. The molecular formula is C17H23N3O7S2. The minimum absolute atomic E-state index is 0.129. The number of carboxylic acids is 1. The second-order valence-corrected chi connectivity index (χ2v) is 8.25. The number of nitrogens with zero attached hydrogens (tertiary/aromatic N) is 2. The number of amides is 3. The molecule has 0 aromatic heterocycles. The average molecular weight is 446 g/mol. The number of carbonyl (C=O) groups is 5. The topological polar surface area (TPSA) is 133 Å². The molecule has 2 N–H and O–H groups in total. The predicted molar refractivity (Wildman–Crippen MR) is 107 cm³/mol. The summed E-state index contributed by atoms with van der Waals surface area (Å²) >= 11 is 2.14. The summed E-state index contributed by atoms with van der Waals surface area (Å²) in [6.07, 6.45) is 0. The first-order chi connectivity index (χ1) is 13.7. The number of aliphatic carboxylic acids is 1. The monoisotopic (exact) mass is 445 g/mol. The first kappa shape index (κ1) is 23.1. The summed E-state index contributed by atoms with van der Waals surface area (Å²) < 4.78 is 4.87. The van der Waals surface area contributed by atoms with Gasteiger partial charge in [0.15, 0.2) is 0 Å². The van der Waals surface area contributed by atoms with E-state index in [2.05, 4.69) is 5.32 Å². The molecule has 2 aliphatic heterocycles. The number of ether oxygens (including phenoxy) is 1. The van der Waals surface area contributed by atoms with E-state index < -0.39 is 35.2 Å². The van der Waals surface area contributed by atoms with E-state index in [9.17, 15) is 29.1 Å². The van der Waals surface area contributed by atoms with Crippen LogP contribution in [0.4, 0.5) is 4.79 Å². The largest absolute Gasteiger partial charge is 0.477 e. The highest BCUT2D eigenvalue weighted by Crippen LogP contribution is 2.40. The van der Waals surface area contributed by atoms with Crippen LogP contribution in [0.1, 0.15) is 20.8 Å². The van der Waals surface area contributed by atoms with Gasteiger partial charge in [0.25, 0.3) is 11.1 Å². The number of nitrogens with one attached hydrogen (secondary N) is 1. The number of hydrogen-bond acceptors (Lipinski definition) is 8. The summed E-state index contributed by atoms with van der Waals surface area (Å²) in [4.78, 5) is 61.9. The van der Waals surface area contributed by atoms with Crippen molar-refractivity contribution >= 4 is 52.5 Å². The van der Waals surface area contributed by atoms with E-state index in [-0.39, 0.29) is 29.0 Å². The third-order valence-electron chi connectivity index (χ3n) is 4.36. The fourth-order valence-corrected chi connectivity index (χ4v) is 5.00. The van der Waals surface area contributed by atoms with Crippen LogP contribution in [0.15, 0.2) is 11.3 Å². The van der Waals surface area contributed by atoms with Gasteiger partial charge in [-0.05, 0) is 13.8 Å². The average Bonchev–Trinajstić information content (AvgIpc) is 2.68. The summed E-state index contributed by atoms with van der Waals surface area (Å²) in [7, 11) is 0. The predicted octanol–water partition coefficient (Wildman–Crippen LogP) is 0.483. The molecular weight excluding hydrogens is 422 g/mol. The Morgan fingerprint density at radius 3 is 2.52 bits per heavy atom. The number of fused-ring (bicyclic) bond motifs is 1. The third-order valence-corrected chi connectivity index (χ3v) is 6.62. The second kappa shape index (κ2) is 10.0. The maximum atomic E-state index is 12.5. The van der Waals surface area contributed by atoms with Crippen LogP contribution in [0.3, 0.4) is 0 Å². The van der Waals surface area contributed by atoms with Crippen molar-refractivity contribution in [2.24, 2.45) is 0 Å². The summed E-state index contributed by atoms with van der Waals surface area (Å²) in [6.45, 7) is 5.77. The van der Waals surface area contributed by atoms with E-state index in [1.54, 1.807) is 4.90 Å². The van der Waals surface area contributed by atoms with Crippen molar-refractivity contribution in [2.45, 2.75) is 32.2 Å². The number of thioether (sulfide) groups is 2. The molecule has 2 atom stereocenters. The molecule has 160 valence electrons. The Labute approximate surface area is 176 Å². The van der Waals surface area contributed by atoms with E-state index in [1.807, 2.05) is 13.8 Å². The molecule has 29 heavy (non-hydrogen) atoms. The minimum Gasteiger partial charge on any atom is -0.477 e. The van der Waals surface area contributed by atoms with Gasteiger partial charge < -0.3 is 20.1 Å². The van der Waals surface area contributed by atoms with Crippen molar-refractivity contribution in [3.63, 3.8) is 0 Å². The number of carboxylic acid groups (broad SMARTS) is 1. The molecule has 0 aliphatic carbocycles. The van der Waals surface area contributed by atoms with Gasteiger partial charge in [-0.1, -0.05) is 11.8 Å². The lowest BCUT2D eigenvalue weighted by Crippen LogP contribution is -2.70. The normalized spacial score (nSPS) is 20.5. The number of carbonyl (C=O) groups excluding carboxylic acids is 4. The summed E-state index contributed by atoms with van der Waals surface area (Å²) in [5.74, 6) is -2.74. The summed E-state index contributed by atoms with van der Waals surface area (Å²) in [5, 5.41) is 11.3. The Balaban J connectivity index is 1.98. The maximum absolute atomic E-state index is 12.5. The molecule has 0 radical (unpaired) electrons. The molecule has 0 aromatic rings. The smallest absolute Gasteiger partial charge is 0.352 e. The first-order valence-electron chi connectivity index (χ1n) is 8.95. The van der Waals surface area contributed by atoms with Crippen LogP contribution < -0.4 is 5.32 Å². The van der Waals surface area contributed by atoms with Crippen LogP contribution in [0.2, 0.25) is 0 Å². The molecule has 0 saturated carbocycles. The van der Waals surface area contributed by atoms with Gasteiger partial charge in [-0.15, -0.1) is 11.8 Å². The number of rotatable bonds is 8. The van der Waals surface area contributed by atoms with E-state index >= 15 is 0 Å². The van der Waals surface area contributed by atoms with Crippen molar-refractivity contribution in [3.05, 3.63) is 11.3 Å². The lowest BCUT2D eigenvalue weighted by Gasteiger charge is -2.49. The van der Waals surface area contributed by atoms with Gasteiger partial charge >= 0.3 is 11.9 Å². The summed E-state index contributed by atoms with van der Waals surface area (Å²) in [5.41, 5.74) is 0.115. The van der Waals surface area contributed by atoms with E-state index in [0.717, 1.165) is 16.7 Å². The standard InChI is InChI=1S/C17H23N3O7S2/c1-4-19(5-2)17(26)29-8-11(22)18-12-14(23)20-13(16(24)25)10(6-27-9(3)21)7-28-15(12)20/h12,15H,4-8H2,1-3H3,(H,18,22)(H,24,25). The van der Waals surface area contributed by atoms with Gasteiger partial charge in [0, 0.05) is 31.3 Å². The molecule has 1 saturated heterocycles. The molecule has 0 spiro atoms. The molecule has 1 fully saturated rings. The van der Waals surface area contributed by atoms with Crippen LogP contribution >= 0.6 is 23.5 Å². The third kappa shape index (κ3) is 5.24. The molecule has 2 rings (SSSR count). The van der Waals surface area contributed by atoms with Crippen molar-refractivity contribution < 1.29 is 33.8 Å². The molecule has 0 bridgehead atoms. The van der Waals surface area contributed by atoms with E-state index in [4.69, 9.17) is 4.74 Å². The molecule has 2 aliphatic rings. The summed E-state index contributed by atoms with van der Waals surface area (Å²) in [6, 6.07) is -0.860. The first-order valence-corrected chi connectivity index (χ1v) is 11.0. The molecule has 3 amide bonds. The highest BCUT2D eigenvalue weighted by molar-refractivity contribution is 8.14. The van der Waals surface area contributed by atoms with Gasteiger partial charge in [-0.25, -0.2) is 4.79 Å². The lowest BCUT2D eigenvalue weighted by molar-refractivity contribution is -0.150. The van der Waals surface area contributed by atoms with Crippen LogP contribution in [-0.2, 0) is 23.9 Å². The highest BCUT2D eigenvalue weighted by atomic mass is 32.2. The van der Waals surface area contributed by atoms with E-state index in [0.29, 0.717) is 18.7 Å². The quantitative estimate of drug-likeness (QED) is 0.404. The van der Waals surface area contributed by atoms with Crippen LogP contribution in [-0.4, -0.2) is 86.5 Å². The van der Waals surface area contributed by atoms with Crippen molar-refractivity contribution in [1.29, 1.82) is 0 Å². The molecule has 10 nitrogen and oxygen atoms in total. The fraction of sp³-hybridized carbons (Fsp3) is 0.588. The number of hydrogen-bond donors (Lipinski definition) is 2. The van der Waals surface area contributed by atoms with E-state index in [1.165, 1.54) is 18.7 Å². The van der Waals surface area contributed by atoms with Gasteiger partial charge in [0.05, 0.1) is 5.75 Å². The Kier molecular flexibility index (Phi) is 7.96. The molecule has 0 aromatic carbocycles. The molecule has 2 unspecified atom stereocenters. The van der Waals surface area contributed by atoms with Crippen LogP contribution in [0.5, 0.6) is 0 Å². The zero-order chi connectivity index (χ0) is 21.7. The number of esters is 1. The number of β-lactam (4-membered cyclic amide) rings is 1. The van der Waals surface area contributed by atoms with Gasteiger partial charge in [0.1, 0.15) is 23.7 Å². The Morgan fingerprint density at radius 1 is 1.31 bits per heavy atom. The highest BCUT2D eigenvalue weighted by Gasteiger charge is 2.54. The zero-order valence-corrected chi connectivity index (χ0v) is 17.9. The Bertz CT molecular complexity index is 751. The van der Waals surface area contributed by atoms with Gasteiger partial charge in [-0.2, -0.15) is 0 Å². The van der Waals surface area contributed by atoms with Crippen molar-refractivity contribution in [1.82, 2.24) is 15.1 Å². The molecule has 2 heterocycles. The second-order valence-electron chi connectivity index (χ2n) is 6.22. The van der Waals surface area contributed by atoms with Crippen molar-refractivity contribution in [2.75, 3.05) is 31.2 Å². The zero-order valence-electron chi connectivity index (χ0n) is 16.3. The SMILES string of the molecule is CCN(CC)C(=O)SCC(=O)NC1C(=O)N2C(C(=O)O)=C(COC(C)=O)CSC12. The minimum atomic E-state index is -1.30. The fourth-order valence-electron chi connectivity index (χ4n) is 2.90. The van der Waals surface area contributed by atoms with Crippen LogP contribution in [0, 0.1) is 0 Å². The van der Waals surface area contributed by atoms with Crippen LogP contribution in [0.25, 0.3) is 0 Å². The van der Waals surface area contributed by atoms with Crippen molar-refractivity contribution in [3.8, 4) is 0 Å². The Morgan fingerprint density at radius 2 is 1.97 bits per heavy atom. The maximum Gasteiger partial charge on any atom is 0.352 e. The van der Waals surface area contributed by atoms with Gasteiger partial charge in [-0.3, -0.25) is 24.1 Å². The van der Waals surface area contributed by atoms with Gasteiger partial charge in [0.2, 0.25) is 5.91 Å². The lowest BCUT2D eigenvalue weighted by atomic mass is 10.0. The Hall–Kier alpha value is -2.21.